The first-order chi connectivity index (χ1) is 11.7. The smallest absolute Gasteiger partial charge is 0.251 e. The molecule has 5 nitrogen and oxygen atoms in total. The lowest BCUT2D eigenvalue weighted by Crippen LogP contribution is -2.35. The third kappa shape index (κ3) is 4.20. The molecule has 1 saturated carbocycles. The molecule has 0 saturated heterocycles. The SMILES string of the molecule is COc1ccc(CN(C(=O)CSc2cccc[n+]2[O-])C2CC2)cc1. The van der Waals surface area contributed by atoms with Crippen LogP contribution >= 0.6 is 11.8 Å². The maximum atomic E-state index is 12.6. The Hall–Kier alpha value is -2.21. The summed E-state index contributed by atoms with van der Waals surface area (Å²) in [5.41, 5.74) is 1.08. The molecule has 1 aliphatic rings. The minimum absolute atomic E-state index is 0.0715. The predicted octanol–water partition coefficient (Wildman–Crippen LogP) is 2.61. The summed E-state index contributed by atoms with van der Waals surface area (Å²) in [4.78, 5) is 14.5. The van der Waals surface area contributed by atoms with E-state index in [0.717, 1.165) is 28.9 Å². The molecule has 0 bridgehead atoms. The monoisotopic (exact) mass is 344 g/mol. The molecule has 0 N–H and O–H groups in total. The number of methoxy groups -OCH3 is 1. The van der Waals surface area contributed by atoms with Gasteiger partial charge in [0, 0.05) is 24.7 Å². The Balaban J connectivity index is 1.62. The molecule has 1 aliphatic carbocycles. The molecule has 3 rings (SSSR count). The lowest BCUT2D eigenvalue weighted by atomic mass is 10.2. The van der Waals surface area contributed by atoms with E-state index in [-0.39, 0.29) is 11.7 Å². The highest BCUT2D eigenvalue weighted by Crippen LogP contribution is 2.29. The number of hydrogen-bond acceptors (Lipinski definition) is 4. The van der Waals surface area contributed by atoms with Gasteiger partial charge >= 0.3 is 0 Å². The highest BCUT2D eigenvalue weighted by molar-refractivity contribution is 7.99. The number of carbonyl (C=O) groups excluding carboxylic acids is 1. The number of amides is 1. The molecule has 24 heavy (non-hydrogen) atoms. The van der Waals surface area contributed by atoms with Gasteiger partial charge in [-0.25, -0.2) is 0 Å². The number of benzene rings is 1. The second-order valence-electron chi connectivity index (χ2n) is 5.75. The van der Waals surface area contributed by atoms with Crippen LogP contribution in [0.3, 0.4) is 0 Å². The van der Waals surface area contributed by atoms with Crippen LogP contribution in [0.25, 0.3) is 0 Å². The first kappa shape index (κ1) is 16.6. The van der Waals surface area contributed by atoms with Crippen molar-refractivity contribution in [2.24, 2.45) is 0 Å². The Kier molecular flexibility index (Phi) is 5.25. The molecular weight excluding hydrogens is 324 g/mol. The molecule has 2 aromatic rings. The maximum Gasteiger partial charge on any atom is 0.251 e. The number of ether oxygens (including phenoxy) is 1. The summed E-state index contributed by atoms with van der Waals surface area (Å²) < 4.78 is 5.96. The van der Waals surface area contributed by atoms with Crippen LogP contribution in [0.4, 0.5) is 0 Å². The summed E-state index contributed by atoms with van der Waals surface area (Å²) in [6.45, 7) is 0.597. The molecule has 0 atom stereocenters. The molecule has 1 aromatic carbocycles. The molecule has 6 heteroatoms. The fraction of sp³-hybridized carbons (Fsp3) is 0.333. The van der Waals surface area contributed by atoms with E-state index in [2.05, 4.69) is 0 Å². The lowest BCUT2D eigenvalue weighted by molar-refractivity contribution is -0.645. The first-order valence-corrected chi connectivity index (χ1v) is 8.89. The quantitative estimate of drug-likeness (QED) is 0.440. The van der Waals surface area contributed by atoms with E-state index < -0.39 is 0 Å². The third-order valence-corrected chi connectivity index (χ3v) is 4.96. The zero-order valence-corrected chi connectivity index (χ0v) is 14.4. The van der Waals surface area contributed by atoms with Crippen molar-refractivity contribution in [2.45, 2.75) is 30.5 Å². The van der Waals surface area contributed by atoms with Crippen molar-refractivity contribution >= 4 is 17.7 Å². The van der Waals surface area contributed by atoms with Gasteiger partial charge in [0.25, 0.3) is 5.03 Å². The molecule has 1 fully saturated rings. The van der Waals surface area contributed by atoms with Gasteiger partial charge in [0.1, 0.15) is 5.75 Å². The number of aromatic nitrogens is 1. The summed E-state index contributed by atoms with van der Waals surface area (Å²) in [7, 11) is 1.64. The second-order valence-corrected chi connectivity index (χ2v) is 6.75. The van der Waals surface area contributed by atoms with Gasteiger partial charge in [-0.3, -0.25) is 4.79 Å². The van der Waals surface area contributed by atoms with E-state index in [0.29, 0.717) is 17.6 Å². The zero-order valence-electron chi connectivity index (χ0n) is 13.6. The second kappa shape index (κ2) is 7.57. The number of pyridine rings is 1. The largest absolute Gasteiger partial charge is 0.618 e. The fourth-order valence-electron chi connectivity index (χ4n) is 2.48. The average Bonchev–Trinajstić information content (AvgIpc) is 3.44. The number of carbonyl (C=O) groups is 1. The number of thioether (sulfide) groups is 1. The molecule has 0 unspecified atom stereocenters. The molecule has 0 spiro atoms. The molecule has 126 valence electrons. The minimum Gasteiger partial charge on any atom is -0.618 e. The van der Waals surface area contributed by atoms with E-state index in [1.807, 2.05) is 29.2 Å². The number of hydrogen-bond donors (Lipinski definition) is 0. The van der Waals surface area contributed by atoms with Crippen LogP contribution in [0.1, 0.15) is 18.4 Å². The molecule has 1 aromatic heterocycles. The Morgan fingerprint density at radius 1 is 1.29 bits per heavy atom. The van der Waals surface area contributed by atoms with Gasteiger partial charge in [-0.05, 0) is 48.4 Å². The van der Waals surface area contributed by atoms with E-state index in [4.69, 9.17) is 4.74 Å². The van der Waals surface area contributed by atoms with Crippen molar-refractivity contribution in [3.8, 4) is 5.75 Å². The summed E-state index contributed by atoms with van der Waals surface area (Å²) in [5, 5.41) is 12.2. The van der Waals surface area contributed by atoms with Crippen molar-refractivity contribution in [1.82, 2.24) is 4.90 Å². The van der Waals surface area contributed by atoms with E-state index >= 15 is 0 Å². The van der Waals surface area contributed by atoms with Crippen molar-refractivity contribution in [2.75, 3.05) is 12.9 Å². The summed E-state index contributed by atoms with van der Waals surface area (Å²) >= 11 is 1.28. The van der Waals surface area contributed by atoms with E-state index in [1.165, 1.54) is 18.0 Å². The maximum absolute atomic E-state index is 12.6. The summed E-state index contributed by atoms with van der Waals surface area (Å²) in [6, 6.07) is 13.3. The van der Waals surface area contributed by atoms with Crippen molar-refractivity contribution in [3.63, 3.8) is 0 Å². The van der Waals surface area contributed by atoms with Gasteiger partial charge in [-0.15, -0.1) is 0 Å². The van der Waals surface area contributed by atoms with Gasteiger partial charge in [-0.1, -0.05) is 12.1 Å². The number of rotatable bonds is 7. The van der Waals surface area contributed by atoms with E-state index in [9.17, 15) is 10.0 Å². The van der Waals surface area contributed by atoms with Crippen LogP contribution in [0, 0.1) is 5.21 Å². The zero-order chi connectivity index (χ0) is 16.9. The van der Waals surface area contributed by atoms with Crippen LogP contribution in [0.2, 0.25) is 0 Å². The van der Waals surface area contributed by atoms with Crippen LogP contribution in [0.15, 0.2) is 53.7 Å². The Bertz CT molecular complexity index is 702. The van der Waals surface area contributed by atoms with Gasteiger partial charge in [0.2, 0.25) is 5.91 Å². The minimum atomic E-state index is 0.0715. The van der Waals surface area contributed by atoms with Crippen LogP contribution in [0.5, 0.6) is 5.75 Å². The van der Waals surface area contributed by atoms with Gasteiger partial charge < -0.3 is 14.8 Å². The van der Waals surface area contributed by atoms with Crippen LogP contribution in [-0.2, 0) is 11.3 Å². The molecule has 1 heterocycles. The molecule has 1 amide bonds. The normalized spacial score (nSPS) is 13.5. The highest BCUT2D eigenvalue weighted by Gasteiger charge is 2.32. The highest BCUT2D eigenvalue weighted by atomic mass is 32.2. The molecule has 0 radical (unpaired) electrons. The lowest BCUT2D eigenvalue weighted by Gasteiger charge is -2.22. The molecule has 0 aliphatic heterocycles. The molecular formula is C18H20N2O3S. The fourth-order valence-corrected chi connectivity index (χ4v) is 3.28. The average molecular weight is 344 g/mol. The van der Waals surface area contributed by atoms with Crippen LogP contribution < -0.4 is 9.47 Å². The Morgan fingerprint density at radius 2 is 2.04 bits per heavy atom. The van der Waals surface area contributed by atoms with Crippen molar-refractivity contribution < 1.29 is 14.3 Å². The Morgan fingerprint density at radius 3 is 2.67 bits per heavy atom. The predicted molar refractivity (Wildman–Crippen MR) is 92.7 cm³/mol. The van der Waals surface area contributed by atoms with Crippen LogP contribution in [-0.4, -0.2) is 29.7 Å². The number of nitrogens with zero attached hydrogens (tertiary/aromatic N) is 2. The van der Waals surface area contributed by atoms with Crippen molar-refractivity contribution in [1.29, 1.82) is 0 Å². The first-order valence-electron chi connectivity index (χ1n) is 7.91. The summed E-state index contributed by atoms with van der Waals surface area (Å²) in [6.07, 6.45) is 3.56. The van der Waals surface area contributed by atoms with Gasteiger partial charge in [-0.2, -0.15) is 4.73 Å². The topological polar surface area (TPSA) is 56.5 Å². The van der Waals surface area contributed by atoms with Gasteiger partial charge in [0.15, 0.2) is 6.20 Å². The third-order valence-electron chi connectivity index (χ3n) is 3.95. The Labute approximate surface area is 145 Å². The standard InChI is InChI=1S/C18H20N2O3S/c1-23-16-9-5-14(6-10-16)12-19(15-7-8-15)17(21)13-24-18-4-2-3-11-20(18)22/h2-6,9-11,15H,7-8,12-13H2,1H3. The van der Waals surface area contributed by atoms with Crippen molar-refractivity contribution in [3.05, 3.63) is 59.4 Å². The van der Waals surface area contributed by atoms with Gasteiger partial charge in [0.05, 0.1) is 12.9 Å². The van der Waals surface area contributed by atoms with E-state index in [1.54, 1.807) is 25.3 Å². The summed E-state index contributed by atoms with van der Waals surface area (Å²) in [5.74, 6) is 1.16.